The van der Waals surface area contributed by atoms with Gasteiger partial charge in [0.05, 0.1) is 11.1 Å². The summed E-state index contributed by atoms with van der Waals surface area (Å²) in [5.41, 5.74) is 1.16. The average molecular weight is 356 g/mol. The SMILES string of the molecule is CNc1ncccc1C(=O)N1CCCN(C(=O)c2cc(C)oc2C)CC1. The molecule has 1 aliphatic heterocycles. The fraction of sp³-hybridized carbons (Fsp3) is 0.421. The lowest BCUT2D eigenvalue weighted by molar-refractivity contribution is 0.0718. The highest BCUT2D eigenvalue weighted by Crippen LogP contribution is 2.19. The topological polar surface area (TPSA) is 78.7 Å². The number of aryl methyl sites for hydroxylation is 2. The summed E-state index contributed by atoms with van der Waals surface area (Å²) in [6.45, 7) is 5.87. The largest absolute Gasteiger partial charge is 0.466 e. The lowest BCUT2D eigenvalue weighted by Crippen LogP contribution is -2.37. The summed E-state index contributed by atoms with van der Waals surface area (Å²) in [7, 11) is 1.75. The molecule has 1 fully saturated rings. The Labute approximate surface area is 153 Å². The number of carbonyl (C=O) groups excluding carboxylic acids is 2. The second-order valence-electron chi connectivity index (χ2n) is 6.41. The summed E-state index contributed by atoms with van der Waals surface area (Å²) in [6, 6.07) is 5.30. The molecule has 26 heavy (non-hydrogen) atoms. The van der Waals surface area contributed by atoms with E-state index in [0.29, 0.717) is 48.9 Å². The Hall–Kier alpha value is -2.83. The second-order valence-corrected chi connectivity index (χ2v) is 6.41. The number of anilines is 1. The quantitative estimate of drug-likeness (QED) is 0.913. The summed E-state index contributed by atoms with van der Waals surface area (Å²) in [4.78, 5) is 33.4. The highest BCUT2D eigenvalue weighted by molar-refractivity contribution is 5.99. The molecular formula is C19H24N4O3. The van der Waals surface area contributed by atoms with Crippen molar-refractivity contribution >= 4 is 17.6 Å². The third-order valence-electron chi connectivity index (χ3n) is 4.62. The predicted octanol–water partition coefficient (Wildman–Crippen LogP) is 2.32. The van der Waals surface area contributed by atoms with Crippen molar-refractivity contribution < 1.29 is 14.0 Å². The maximum Gasteiger partial charge on any atom is 0.257 e. The van der Waals surface area contributed by atoms with E-state index in [9.17, 15) is 9.59 Å². The average Bonchev–Trinajstić information content (AvgIpc) is 2.85. The Balaban J connectivity index is 1.71. The van der Waals surface area contributed by atoms with E-state index in [1.54, 1.807) is 48.2 Å². The van der Waals surface area contributed by atoms with Gasteiger partial charge in [0, 0.05) is 39.4 Å². The fourth-order valence-electron chi connectivity index (χ4n) is 3.28. The Morgan fingerprint density at radius 2 is 1.73 bits per heavy atom. The molecule has 2 amide bonds. The van der Waals surface area contributed by atoms with Crippen LogP contribution in [0.15, 0.2) is 28.8 Å². The molecule has 0 aliphatic carbocycles. The van der Waals surface area contributed by atoms with Crippen LogP contribution in [0.4, 0.5) is 5.82 Å². The van der Waals surface area contributed by atoms with Crippen LogP contribution in [0.25, 0.3) is 0 Å². The van der Waals surface area contributed by atoms with Crippen LogP contribution in [-0.4, -0.2) is 59.8 Å². The first-order chi connectivity index (χ1) is 12.5. The maximum atomic E-state index is 12.9. The number of hydrogen-bond acceptors (Lipinski definition) is 5. The predicted molar refractivity (Wildman–Crippen MR) is 98.4 cm³/mol. The number of rotatable bonds is 3. The van der Waals surface area contributed by atoms with Gasteiger partial charge in [-0.25, -0.2) is 4.98 Å². The fourth-order valence-corrected chi connectivity index (χ4v) is 3.28. The number of aromatic nitrogens is 1. The highest BCUT2D eigenvalue weighted by Gasteiger charge is 2.26. The van der Waals surface area contributed by atoms with Crippen molar-refractivity contribution in [3.8, 4) is 0 Å². The molecule has 2 aromatic heterocycles. The van der Waals surface area contributed by atoms with Crippen LogP contribution in [0.2, 0.25) is 0 Å². The van der Waals surface area contributed by atoms with Gasteiger partial charge in [0.25, 0.3) is 11.8 Å². The van der Waals surface area contributed by atoms with Gasteiger partial charge in [0.1, 0.15) is 17.3 Å². The monoisotopic (exact) mass is 356 g/mol. The van der Waals surface area contributed by atoms with E-state index < -0.39 is 0 Å². The zero-order valence-corrected chi connectivity index (χ0v) is 15.4. The van der Waals surface area contributed by atoms with E-state index in [4.69, 9.17) is 4.42 Å². The zero-order valence-electron chi connectivity index (χ0n) is 15.4. The Morgan fingerprint density at radius 3 is 2.31 bits per heavy atom. The molecule has 1 N–H and O–H groups in total. The number of hydrogen-bond donors (Lipinski definition) is 1. The smallest absolute Gasteiger partial charge is 0.257 e. The summed E-state index contributed by atoms with van der Waals surface area (Å²) >= 11 is 0. The molecule has 1 saturated heterocycles. The zero-order chi connectivity index (χ0) is 18.7. The third-order valence-corrected chi connectivity index (χ3v) is 4.62. The van der Waals surface area contributed by atoms with E-state index in [1.165, 1.54) is 0 Å². The minimum atomic E-state index is -0.0629. The molecular weight excluding hydrogens is 332 g/mol. The first kappa shape index (κ1) is 18.0. The van der Waals surface area contributed by atoms with Gasteiger partial charge in [0.2, 0.25) is 0 Å². The van der Waals surface area contributed by atoms with E-state index in [1.807, 2.05) is 6.92 Å². The van der Waals surface area contributed by atoms with Crippen LogP contribution in [0.5, 0.6) is 0 Å². The van der Waals surface area contributed by atoms with Gasteiger partial charge in [-0.2, -0.15) is 0 Å². The molecule has 0 atom stereocenters. The Bertz CT molecular complexity index is 815. The second kappa shape index (κ2) is 7.59. The number of furan rings is 1. The summed E-state index contributed by atoms with van der Waals surface area (Å²) < 4.78 is 5.47. The van der Waals surface area contributed by atoms with Crippen LogP contribution in [0, 0.1) is 13.8 Å². The van der Waals surface area contributed by atoms with Crippen LogP contribution in [0.1, 0.15) is 38.7 Å². The van der Waals surface area contributed by atoms with E-state index in [-0.39, 0.29) is 11.8 Å². The molecule has 3 heterocycles. The standard InChI is InChI=1S/C19H24N4O3/c1-13-12-16(14(2)26-13)19(25)23-9-5-8-22(10-11-23)18(24)15-6-4-7-21-17(15)20-3/h4,6-7,12H,5,8-11H2,1-3H3,(H,20,21). The first-order valence-electron chi connectivity index (χ1n) is 8.79. The number of nitrogens with zero attached hydrogens (tertiary/aromatic N) is 3. The molecule has 0 aromatic carbocycles. The number of pyridine rings is 1. The molecule has 0 bridgehead atoms. The normalized spacial score (nSPS) is 14.9. The number of carbonyl (C=O) groups is 2. The van der Waals surface area contributed by atoms with Gasteiger partial charge in [-0.3, -0.25) is 9.59 Å². The van der Waals surface area contributed by atoms with Crippen molar-refractivity contribution in [2.24, 2.45) is 0 Å². The van der Waals surface area contributed by atoms with Gasteiger partial charge < -0.3 is 19.5 Å². The lowest BCUT2D eigenvalue weighted by Gasteiger charge is -2.22. The Kier molecular flexibility index (Phi) is 5.25. The van der Waals surface area contributed by atoms with Crippen molar-refractivity contribution in [2.45, 2.75) is 20.3 Å². The van der Waals surface area contributed by atoms with Crippen molar-refractivity contribution in [2.75, 3.05) is 38.5 Å². The van der Waals surface area contributed by atoms with Crippen molar-refractivity contribution in [1.29, 1.82) is 0 Å². The van der Waals surface area contributed by atoms with Crippen LogP contribution in [0.3, 0.4) is 0 Å². The van der Waals surface area contributed by atoms with Crippen molar-refractivity contribution in [3.63, 3.8) is 0 Å². The molecule has 1 aliphatic rings. The molecule has 3 rings (SSSR count). The van der Waals surface area contributed by atoms with Crippen LogP contribution in [-0.2, 0) is 0 Å². The third kappa shape index (κ3) is 3.56. The molecule has 138 valence electrons. The van der Waals surface area contributed by atoms with Gasteiger partial charge in [0.15, 0.2) is 0 Å². The minimum absolute atomic E-state index is 0.0362. The molecule has 7 heteroatoms. The van der Waals surface area contributed by atoms with Gasteiger partial charge in [-0.15, -0.1) is 0 Å². The number of amides is 2. The highest BCUT2D eigenvalue weighted by atomic mass is 16.3. The van der Waals surface area contributed by atoms with Gasteiger partial charge in [-0.05, 0) is 38.5 Å². The lowest BCUT2D eigenvalue weighted by atomic mass is 10.2. The molecule has 2 aromatic rings. The first-order valence-corrected chi connectivity index (χ1v) is 8.79. The van der Waals surface area contributed by atoms with Gasteiger partial charge in [-0.1, -0.05) is 0 Å². The van der Waals surface area contributed by atoms with E-state index in [0.717, 1.165) is 12.2 Å². The number of nitrogens with one attached hydrogen (secondary N) is 1. The molecule has 0 unspecified atom stereocenters. The summed E-state index contributed by atoms with van der Waals surface area (Å²) in [6.07, 6.45) is 2.39. The molecule has 0 radical (unpaired) electrons. The maximum absolute atomic E-state index is 12.9. The molecule has 0 spiro atoms. The minimum Gasteiger partial charge on any atom is -0.466 e. The Morgan fingerprint density at radius 1 is 1.08 bits per heavy atom. The summed E-state index contributed by atoms with van der Waals surface area (Å²) in [5.74, 6) is 1.84. The van der Waals surface area contributed by atoms with E-state index in [2.05, 4.69) is 10.3 Å². The van der Waals surface area contributed by atoms with Gasteiger partial charge >= 0.3 is 0 Å². The molecule has 7 nitrogen and oxygen atoms in total. The van der Waals surface area contributed by atoms with Crippen molar-refractivity contribution in [1.82, 2.24) is 14.8 Å². The summed E-state index contributed by atoms with van der Waals surface area (Å²) in [5, 5.41) is 2.95. The van der Waals surface area contributed by atoms with Crippen LogP contribution >= 0.6 is 0 Å². The molecule has 0 saturated carbocycles. The van der Waals surface area contributed by atoms with E-state index >= 15 is 0 Å². The van der Waals surface area contributed by atoms with Crippen molar-refractivity contribution in [3.05, 3.63) is 47.0 Å². The van der Waals surface area contributed by atoms with Crippen LogP contribution < -0.4 is 5.32 Å².